The molecule has 6 heteroatoms. The molecule has 2 atom stereocenters. The molecule has 3 rings (SSSR count). The SMILES string of the molecule is C.C.C.C.CC(=O)c1ccccc1.CC(N)c1ccccc1.CC(O)c1ccccc1.N.O=CO. The third kappa shape index (κ3) is 23.6. The quantitative estimate of drug-likeness (QED) is 0.219. The first-order chi connectivity index (χ1) is 14.3. The summed E-state index contributed by atoms with van der Waals surface area (Å²) in [5.41, 5.74) is 8.55. The molecule has 35 heavy (non-hydrogen) atoms. The van der Waals surface area contributed by atoms with Crippen molar-refractivity contribution in [1.29, 1.82) is 0 Å². The van der Waals surface area contributed by atoms with Gasteiger partial charge in [0, 0.05) is 11.6 Å². The van der Waals surface area contributed by atoms with Crippen LogP contribution in [0.5, 0.6) is 0 Å². The molecular weight excluding hydrogens is 440 g/mol. The summed E-state index contributed by atoms with van der Waals surface area (Å²) in [5.74, 6) is 0.121. The number of benzene rings is 3. The van der Waals surface area contributed by atoms with Crippen molar-refractivity contribution in [3.63, 3.8) is 0 Å². The molecule has 0 aliphatic carbocycles. The van der Waals surface area contributed by atoms with Gasteiger partial charge in [0.15, 0.2) is 5.78 Å². The van der Waals surface area contributed by atoms with Crippen molar-refractivity contribution in [2.45, 2.75) is 62.6 Å². The van der Waals surface area contributed by atoms with Crippen LogP contribution < -0.4 is 11.9 Å². The molecular formula is C29H50N2O4. The van der Waals surface area contributed by atoms with Crippen LogP contribution in [0.4, 0.5) is 0 Å². The maximum absolute atomic E-state index is 10.6. The minimum absolute atomic E-state index is 0. The lowest BCUT2D eigenvalue weighted by Gasteiger charge is -2.02. The molecule has 0 bridgehead atoms. The number of nitrogens with two attached hydrogens (primary N) is 1. The number of rotatable bonds is 3. The number of hydrogen-bond donors (Lipinski definition) is 4. The van der Waals surface area contributed by atoms with Crippen LogP contribution in [-0.2, 0) is 4.79 Å². The molecule has 6 nitrogen and oxygen atoms in total. The minimum atomic E-state index is -0.341. The number of carbonyl (C=O) groups excluding carboxylic acids is 1. The van der Waals surface area contributed by atoms with Crippen molar-refractivity contribution < 1.29 is 19.8 Å². The van der Waals surface area contributed by atoms with E-state index in [0.717, 1.165) is 11.1 Å². The van der Waals surface area contributed by atoms with Crippen LogP contribution in [0.25, 0.3) is 0 Å². The van der Waals surface area contributed by atoms with Crippen LogP contribution in [0.2, 0.25) is 0 Å². The van der Waals surface area contributed by atoms with Crippen LogP contribution in [0, 0.1) is 0 Å². The lowest BCUT2D eigenvalue weighted by molar-refractivity contribution is -0.122. The normalized spacial score (nSPS) is 9.40. The summed E-state index contributed by atoms with van der Waals surface area (Å²) in [6, 6.07) is 29.0. The average molecular weight is 491 g/mol. The summed E-state index contributed by atoms with van der Waals surface area (Å²) in [6.45, 7) is 5.06. The molecule has 0 heterocycles. The third-order valence-electron chi connectivity index (χ3n) is 3.79. The molecule has 0 fully saturated rings. The Morgan fingerprint density at radius 3 is 1.20 bits per heavy atom. The first-order valence-electron chi connectivity index (χ1n) is 9.50. The second-order valence-corrected chi connectivity index (χ2v) is 6.31. The van der Waals surface area contributed by atoms with Crippen molar-refractivity contribution >= 4 is 12.3 Å². The Morgan fingerprint density at radius 2 is 1.03 bits per heavy atom. The molecule has 0 radical (unpaired) electrons. The highest BCUT2D eigenvalue weighted by molar-refractivity contribution is 5.93. The Kier molecular flexibility index (Phi) is 37.1. The van der Waals surface area contributed by atoms with E-state index in [2.05, 4.69) is 0 Å². The highest BCUT2D eigenvalue weighted by Gasteiger charge is 1.95. The zero-order chi connectivity index (χ0) is 22.8. The summed E-state index contributed by atoms with van der Waals surface area (Å²) in [6.07, 6.45) is -0.341. The van der Waals surface area contributed by atoms with Crippen LogP contribution in [-0.4, -0.2) is 22.5 Å². The zero-order valence-corrected chi connectivity index (χ0v) is 18.4. The highest BCUT2D eigenvalue weighted by Crippen LogP contribution is 2.09. The van der Waals surface area contributed by atoms with E-state index in [0.29, 0.717) is 0 Å². The number of Topliss-reactive ketones (excluding diaryl/α,β-unsaturated/α-hetero) is 1. The number of carboxylic acid groups (broad SMARTS) is 1. The predicted molar refractivity (Wildman–Crippen MR) is 153 cm³/mol. The van der Waals surface area contributed by atoms with E-state index in [1.807, 2.05) is 97.9 Å². The number of aliphatic hydroxyl groups excluding tert-OH is 1. The lowest BCUT2D eigenvalue weighted by atomic mass is 10.1. The van der Waals surface area contributed by atoms with Crippen molar-refractivity contribution in [2.24, 2.45) is 5.73 Å². The Balaban J connectivity index is -0.0000000798. The van der Waals surface area contributed by atoms with Gasteiger partial charge in [-0.15, -0.1) is 0 Å². The second kappa shape index (κ2) is 28.7. The fourth-order valence-corrected chi connectivity index (χ4v) is 2.16. The molecule has 0 aromatic heterocycles. The topological polar surface area (TPSA) is 136 Å². The van der Waals surface area contributed by atoms with Crippen molar-refractivity contribution in [1.82, 2.24) is 6.15 Å². The molecule has 0 saturated carbocycles. The molecule has 3 aromatic rings. The smallest absolute Gasteiger partial charge is 0.290 e. The molecule has 3 aromatic carbocycles. The maximum atomic E-state index is 10.6. The molecule has 0 aliphatic rings. The van der Waals surface area contributed by atoms with E-state index in [4.69, 9.17) is 20.7 Å². The van der Waals surface area contributed by atoms with Crippen molar-refractivity contribution in [3.8, 4) is 0 Å². The largest absolute Gasteiger partial charge is 0.483 e. The standard InChI is InChI=1S/C8H11N.C8H10O.C8H8O.CH2O2.4CH4.H3N/c3*1-7(9)8-5-3-2-4-6-8;2-1-3;;;;;/h2-7H,9H2,1H3;2-7,9H,1H3;2-6H,1H3;1H,(H,2,3);4*1H4;1H3. The fraction of sp³-hybridized carbons (Fsp3) is 0.310. The summed E-state index contributed by atoms with van der Waals surface area (Å²) in [7, 11) is 0. The number of hydrogen-bond acceptors (Lipinski definition) is 5. The Bertz CT molecular complexity index is 766. The molecule has 0 amide bonds. The van der Waals surface area contributed by atoms with E-state index in [9.17, 15) is 4.79 Å². The van der Waals surface area contributed by atoms with E-state index in [1.165, 1.54) is 5.56 Å². The van der Waals surface area contributed by atoms with Crippen molar-refractivity contribution in [3.05, 3.63) is 108 Å². The molecule has 0 spiro atoms. The summed E-state index contributed by atoms with van der Waals surface area (Å²) in [4.78, 5) is 19.0. The average Bonchev–Trinajstić information content (AvgIpc) is 2.77. The Morgan fingerprint density at radius 1 is 0.743 bits per heavy atom. The lowest BCUT2D eigenvalue weighted by Crippen LogP contribution is -2.03. The van der Waals surface area contributed by atoms with Gasteiger partial charge in [-0.2, -0.15) is 0 Å². The van der Waals surface area contributed by atoms with E-state index < -0.39 is 0 Å². The highest BCUT2D eigenvalue weighted by atomic mass is 16.3. The monoisotopic (exact) mass is 490 g/mol. The van der Waals surface area contributed by atoms with Gasteiger partial charge in [-0.25, -0.2) is 0 Å². The van der Waals surface area contributed by atoms with Crippen LogP contribution in [0.3, 0.4) is 0 Å². The van der Waals surface area contributed by atoms with E-state index in [-0.39, 0.29) is 60.3 Å². The molecule has 2 unspecified atom stereocenters. The second-order valence-electron chi connectivity index (χ2n) is 6.31. The van der Waals surface area contributed by atoms with Gasteiger partial charge in [-0.1, -0.05) is 121 Å². The van der Waals surface area contributed by atoms with Gasteiger partial charge in [0.25, 0.3) is 6.47 Å². The summed E-state index contributed by atoms with van der Waals surface area (Å²) in [5, 5.41) is 15.9. The number of carbonyl (C=O) groups is 2. The minimum Gasteiger partial charge on any atom is -0.483 e. The Hall–Kier alpha value is -3.32. The molecule has 0 saturated heterocycles. The van der Waals surface area contributed by atoms with Gasteiger partial charge in [0.1, 0.15) is 0 Å². The van der Waals surface area contributed by atoms with Crippen LogP contribution in [0.15, 0.2) is 91.0 Å². The van der Waals surface area contributed by atoms with Crippen LogP contribution >= 0.6 is 0 Å². The van der Waals surface area contributed by atoms with Crippen molar-refractivity contribution in [2.75, 3.05) is 0 Å². The van der Waals surface area contributed by atoms with Gasteiger partial charge < -0.3 is 22.1 Å². The summed E-state index contributed by atoms with van der Waals surface area (Å²) >= 11 is 0. The predicted octanol–water partition coefficient (Wildman–Crippen LogP) is 7.74. The van der Waals surface area contributed by atoms with Gasteiger partial charge in [0.2, 0.25) is 0 Å². The van der Waals surface area contributed by atoms with Crippen LogP contribution in [0.1, 0.15) is 84.1 Å². The van der Waals surface area contributed by atoms with Gasteiger partial charge in [-0.3, -0.25) is 9.59 Å². The fourth-order valence-electron chi connectivity index (χ4n) is 2.16. The van der Waals surface area contributed by atoms with E-state index in [1.54, 1.807) is 13.8 Å². The molecule has 7 N–H and O–H groups in total. The summed E-state index contributed by atoms with van der Waals surface area (Å²) < 4.78 is 0. The Labute approximate surface area is 214 Å². The number of aliphatic hydroxyl groups is 1. The molecule has 200 valence electrons. The number of ketones is 1. The third-order valence-corrected chi connectivity index (χ3v) is 3.79. The van der Waals surface area contributed by atoms with Gasteiger partial charge in [0.05, 0.1) is 6.10 Å². The first kappa shape index (κ1) is 45.2. The zero-order valence-electron chi connectivity index (χ0n) is 18.4. The van der Waals surface area contributed by atoms with Gasteiger partial charge in [-0.05, 0) is 31.9 Å². The maximum Gasteiger partial charge on any atom is 0.290 e. The first-order valence-corrected chi connectivity index (χ1v) is 9.50. The molecule has 0 aliphatic heterocycles. The van der Waals surface area contributed by atoms with Gasteiger partial charge >= 0.3 is 0 Å². The van der Waals surface area contributed by atoms with E-state index >= 15 is 0 Å².